The van der Waals surface area contributed by atoms with Crippen LogP contribution in [0.2, 0.25) is 0 Å². The van der Waals surface area contributed by atoms with Crippen LogP contribution in [-0.4, -0.2) is 36.5 Å². The summed E-state index contributed by atoms with van der Waals surface area (Å²) in [7, 11) is 0. The molecule has 1 rings (SSSR count). The fourth-order valence-electron chi connectivity index (χ4n) is 1.85. The molecule has 1 amide bonds. The van der Waals surface area contributed by atoms with Crippen LogP contribution in [0.5, 0.6) is 0 Å². The third kappa shape index (κ3) is 2.99. The van der Waals surface area contributed by atoms with Crippen LogP contribution in [0, 0.1) is 0 Å². The summed E-state index contributed by atoms with van der Waals surface area (Å²) in [6.45, 7) is 6.81. The van der Waals surface area contributed by atoms with Crippen LogP contribution < -0.4 is 5.32 Å². The second kappa shape index (κ2) is 5.22. The van der Waals surface area contributed by atoms with E-state index in [2.05, 4.69) is 5.32 Å². The van der Waals surface area contributed by atoms with E-state index in [0.29, 0.717) is 18.4 Å². The van der Waals surface area contributed by atoms with Crippen LogP contribution in [0.15, 0.2) is 0 Å². The maximum atomic E-state index is 11.6. The monoisotopic (exact) mass is 184 g/mol. The number of rotatable bonds is 4. The molecule has 0 bridgehead atoms. The molecule has 0 spiro atoms. The molecule has 1 aliphatic heterocycles. The maximum absolute atomic E-state index is 11.6. The molecule has 1 N–H and O–H groups in total. The molecule has 0 aromatic carbocycles. The van der Waals surface area contributed by atoms with E-state index in [0.717, 1.165) is 26.1 Å². The molecule has 1 atom stereocenters. The first kappa shape index (κ1) is 10.5. The summed E-state index contributed by atoms with van der Waals surface area (Å²) in [4.78, 5) is 13.6. The van der Waals surface area contributed by atoms with E-state index in [1.807, 2.05) is 18.7 Å². The van der Waals surface area contributed by atoms with Gasteiger partial charge in [-0.2, -0.15) is 0 Å². The van der Waals surface area contributed by atoms with Crippen LogP contribution in [-0.2, 0) is 4.79 Å². The number of hydrogen-bond acceptors (Lipinski definition) is 2. The Labute approximate surface area is 80.5 Å². The van der Waals surface area contributed by atoms with Crippen molar-refractivity contribution in [3.8, 4) is 0 Å². The van der Waals surface area contributed by atoms with Gasteiger partial charge in [-0.3, -0.25) is 4.79 Å². The zero-order valence-electron chi connectivity index (χ0n) is 8.68. The first-order valence-electron chi connectivity index (χ1n) is 5.29. The average molecular weight is 184 g/mol. The first-order chi connectivity index (χ1) is 6.27. The molecular weight excluding hydrogens is 164 g/mol. The van der Waals surface area contributed by atoms with Gasteiger partial charge in [-0.1, -0.05) is 0 Å². The molecule has 1 unspecified atom stereocenters. The lowest BCUT2D eigenvalue weighted by Crippen LogP contribution is -2.35. The summed E-state index contributed by atoms with van der Waals surface area (Å²) in [6, 6.07) is 0.438. The Kier molecular flexibility index (Phi) is 4.22. The number of carbonyl (C=O) groups is 1. The lowest BCUT2D eigenvalue weighted by atomic mass is 10.1. The summed E-state index contributed by atoms with van der Waals surface area (Å²) < 4.78 is 0. The summed E-state index contributed by atoms with van der Waals surface area (Å²) >= 11 is 0. The van der Waals surface area contributed by atoms with Crippen LogP contribution in [0.1, 0.15) is 33.1 Å². The van der Waals surface area contributed by atoms with Gasteiger partial charge < -0.3 is 10.2 Å². The van der Waals surface area contributed by atoms with Gasteiger partial charge in [-0.05, 0) is 33.2 Å². The minimum Gasteiger partial charge on any atom is -0.343 e. The Morgan fingerprint density at radius 1 is 1.46 bits per heavy atom. The van der Waals surface area contributed by atoms with Crippen LogP contribution in [0.3, 0.4) is 0 Å². The molecule has 3 heteroatoms. The van der Waals surface area contributed by atoms with Gasteiger partial charge >= 0.3 is 0 Å². The molecule has 1 heterocycles. The summed E-state index contributed by atoms with van der Waals surface area (Å²) in [5.41, 5.74) is 0. The van der Waals surface area contributed by atoms with Crippen LogP contribution in [0.4, 0.5) is 0 Å². The molecular formula is C10H20N2O. The lowest BCUT2D eigenvalue weighted by molar-refractivity contribution is -0.131. The Bertz CT molecular complexity index is 160. The van der Waals surface area contributed by atoms with Gasteiger partial charge in [0.1, 0.15) is 0 Å². The first-order valence-corrected chi connectivity index (χ1v) is 5.29. The van der Waals surface area contributed by atoms with Gasteiger partial charge in [0.25, 0.3) is 0 Å². The molecule has 0 aromatic rings. The van der Waals surface area contributed by atoms with Crippen molar-refractivity contribution in [2.45, 2.75) is 39.2 Å². The molecule has 13 heavy (non-hydrogen) atoms. The molecule has 0 radical (unpaired) electrons. The minimum absolute atomic E-state index is 0.296. The van der Waals surface area contributed by atoms with Gasteiger partial charge in [0, 0.05) is 25.6 Å². The Morgan fingerprint density at radius 3 is 2.62 bits per heavy atom. The molecule has 0 saturated carbocycles. The minimum atomic E-state index is 0.296. The van der Waals surface area contributed by atoms with Crippen LogP contribution in [0.25, 0.3) is 0 Å². The summed E-state index contributed by atoms with van der Waals surface area (Å²) in [5.74, 6) is 0.296. The molecule has 76 valence electrons. The molecule has 0 aromatic heterocycles. The number of carbonyl (C=O) groups excluding carboxylic acids is 1. The lowest BCUT2D eigenvalue weighted by Gasteiger charge is -2.20. The Hall–Kier alpha value is -0.570. The third-order valence-corrected chi connectivity index (χ3v) is 2.70. The summed E-state index contributed by atoms with van der Waals surface area (Å²) in [5, 5.41) is 3.34. The Balaban J connectivity index is 2.29. The highest BCUT2D eigenvalue weighted by Gasteiger charge is 2.19. The van der Waals surface area contributed by atoms with E-state index in [-0.39, 0.29) is 0 Å². The van der Waals surface area contributed by atoms with Gasteiger partial charge in [0.05, 0.1) is 0 Å². The van der Waals surface area contributed by atoms with Gasteiger partial charge in [0.15, 0.2) is 0 Å². The SMILES string of the molecule is CCN(CC)C(=O)CC1CCCN1. The molecule has 1 aliphatic rings. The smallest absolute Gasteiger partial charge is 0.224 e. The van der Waals surface area contributed by atoms with E-state index >= 15 is 0 Å². The predicted octanol–water partition coefficient (Wildman–Crippen LogP) is 0.997. The standard InChI is InChI=1S/C10H20N2O/c1-3-12(4-2)10(13)8-9-6-5-7-11-9/h9,11H,3-8H2,1-2H3. The quantitative estimate of drug-likeness (QED) is 0.707. The molecule has 1 saturated heterocycles. The van der Waals surface area contributed by atoms with Crippen LogP contribution >= 0.6 is 0 Å². The van der Waals surface area contributed by atoms with Gasteiger partial charge in [-0.15, -0.1) is 0 Å². The number of amides is 1. The van der Waals surface area contributed by atoms with Gasteiger partial charge in [0.2, 0.25) is 5.91 Å². The van der Waals surface area contributed by atoms with Crippen molar-refractivity contribution in [3.63, 3.8) is 0 Å². The normalized spacial score (nSPS) is 21.8. The fourth-order valence-corrected chi connectivity index (χ4v) is 1.85. The van der Waals surface area contributed by atoms with Crippen molar-refractivity contribution in [2.75, 3.05) is 19.6 Å². The van der Waals surface area contributed by atoms with E-state index < -0.39 is 0 Å². The largest absolute Gasteiger partial charge is 0.343 e. The third-order valence-electron chi connectivity index (χ3n) is 2.70. The maximum Gasteiger partial charge on any atom is 0.224 e. The second-order valence-corrected chi connectivity index (χ2v) is 3.56. The van der Waals surface area contributed by atoms with E-state index in [9.17, 15) is 4.79 Å². The van der Waals surface area contributed by atoms with Crippen molar-refractivity contribution in [3.05, 3.63) is 0 Å². The second-order valence-electron chi connectivity index (χ2n) is 3.56. The topological polar surface area (TPSA) is 32.3 Å². The van der Waals surface area contributed by atoms with Gasteiger partial charge in [-0.25, -0.2) is 0 Å². The fraction of sp³-hybridized carbons (Fsp3) is 0.900. The molecule has 0 aliphatic carbocycles. The highest BCUT2D eigenvalue weighted by atomic mass is 16.2. The van der Waals surface area contributed by atoms with Crippen molar-refractivity contribution < 1.29 is 4.79 Å². The number of nitrogens with one attached hydrogen (secondary N) is 1. The molecule has 1 fully saturated rings. The Morgan fingerprint density at radius 2 is 2.15 bits per heavy atom. The average Bonchev–Trinajstić information content (AvgIpc) is 2.59. The number of nitrogens with zero attached hydrogens (tertiary/aromatic N) is 1. The molecule has 3 nitrogen and oxygen atoms in total. The van der Waals surface area contributed by atoms with Crippen molar-refractivity contribution in [1.29, 1.82) is 0 Å². The highest BCUT2D eigenvalue weighted by Crippen LogP contribution is 2.10. The highest BCUT2D eigenvalue weighted by molar-refractivity contribution is 5.76. The van der Waals surface area contributed by atoms with Crippen molar-refractivity contribution in [2.24, 2.45) is 0 Å². The predicted molar refractivity (Wildman–Crippen MR) is 53.6 cm³/mol. The number of hydrogen-bond donors (Lipinski definition) is 1. The zero-order valence-corrected chi connectivity index (χ0v) is 8.68. The van der Waals surface area contributed by atoms with E-state index in [1.165, 1.54) is 6.42 Å². The van der Waals surface area contributed by atoms with E-state index in [1.54, 1.807) is 0 Å². The van der Waals surface area contributed by atoms with Crippen molar-refractivity contribution >= 4 is 5.91 Å². The van der Waals surface area contributed by atoms with E-state index in [4.69, 9.17) is 0 Å². The van der Waals surface area contributed by atoms with Crippen molar-refractivity contribution in [1.82, 2.24) is 10.2 Å². The summed E-state index contributed by atoms with van der Waals surface area (Å²) in [6.07, 6.45) is 3.06. The zero-order chi connectivity index (χ0) is 9.68.